The highest BCUT2D eigenvalue weighted by Crippen LogP contribution is 2.30. The van der Waals surface area contributed by atoms with E-state index in [0.29, 0.717) is 38.1 Å². The first kappa shape index (κ1) is 26.4. The van der Waals surface area contributed by atoms with Crippen LogP contribution in [0.4, 0.5) is 0 Å². The Morgan fingerprint density at radius 3 is 2.49 bits per heavy atom. The van der Waals surface area contributed by atoms with E-state index in [1.165, 1.54) is 11.8 Å². The minimum absolute atomic E-state index is 0.0858. The number of thiophene rings is 1. The van der Waals surface area contributed by atoms with E-state index in [0.717, 1.165) is 22.5 Å². The number of thioether (sulfide) groups is 1. The molecule has 0 radical (unpaired) electrons. The molecule has 10 heteroatoms. The molecule has 0 aliphatic rings. The monoisotopic (exact) mass is 537 g/mol. The van der Waals surface area contributed by atoms with Gasteiger partial charge in [-0.3, -0.25) is 14.2 Å². The first-order valence-electron chi connectivity index (χ1n) is 11.7. The van der Waals surface area contributed by atoms with Crippen molar-refractivity contribution >= 4 is 45.2 Å². The van der Waals surface area contributed by atoms with Gasteiger partial charge in [-0.05, 0) is 42.7 Å². The number of rotatable bonds is 10. The smallest absolute Gasteiger partial charge is 0.348 e. The predicted octanol–water partition coefficient (Wildman–Crippen LogP) is 4.41. The summed E-state index contributed by atoms with van der Waals surface area (Å²) in [6.45, 7) is 4.37. The highest BCUT2D eigenvalue weighted by molar-refractivity contribution is 7.99. The molecule has 0 bridgehead atoms. The van der Waals surface area contributed by atoms with Crippen LogP contribution >= 0.6 is 23.1 Å². The molecule has 4 aromatic rings. The minimum Gasteiger partial charge on any atom is -0.497 e. The van der Waals surface area contributed by atoms with E-state index in [2.05, 4.69) is 5.32 Å². The number of carbonyl (C=O) groups is 2. The summed E-state index contributed by atoms with van der Waals surface area (Å²) in [6, 6.07) is 17.0. The number of hydrogen-bond acceptors (Lipinski definition) is 8. The number of methoxy groups -OCH3 is 1. The Morgan fingerprint density at radius 2 is 1.81 bits per heavy atom. The molecule has 0 spiro atoms. The third-order valence-corrected chi connectivity index (χ3v) is 7.78. The molecule has 2 heterocycles. The molecule has 0 aliphatic carbocycles. The summed E-state index contributed by atoms with van der Waals surface area (Å²) in [4.78, 5) is 44.2. The second kappa shape index (κ2) is 12.1. The van der Waals surface area contributed by atoms with Crippen LogP contribution in [0.3, 0.4) is 0 Å². The van der Waals surface area contributed by atoms with E-state index >= 15 is 0 Å². The zero-order valence-electron chi connectivity index (χ0n) is 20.8. The number of esters is 1. The van der Waals surface area contributed by atoms with Gasteiger partial charge in [0.05, 0.1) is 31.4 Å². The lowest BCUT2D eigenvalue weighted by molar-refractivity contribution is -0.118. The van der Waals surface area contributed by atoms with Gasteiger partial charge in [0.15, 0.2) is 5.16 Å². The lowest BCUT2D eigenvalue weighted by Gasteiger charge is -2.13. The number of nitrogens with zero attached hydrogens (tertiary/aromatic N) is 2. The van der Waals surface area contributed by atoms with Crippen LogP contribution in [0.2, 0.25) is 0 Å². The fourth-order valence-electron chi connectivity index (χ4n) is 3.73. The molecule has 1 amide bonds. The van der Waals surface area contributed by atoms with Gasteiger partial charge >= 0.3 is 5.97 Å². The molecule has 0 fully saturated rings. The maximum absolute atomic E-state index is 13.7. The molecule has 192 valence electrons. The van der Waals surface area contributed by atoms with Crippen LogP contribution in [0.5, 0.6) is 5.75 Å². The van der Waals surface area contributed by atoms with Crippen molar-refractivity contribution in [2.24, 2.45) is 0 Å². The molecule has 0 unspecified atom stereocenters. The molecular formula is C27H27N3O5S2. The first-order valence-corrected chi connectivity index (χ1v) is 13.5. The number of benzene rings is 2. The van der Waals surface area contributed by atoms with Crippen LogP contribution < -0.4 is 15.6 Å². The van der Waals surface area contributed by atoms with Crippen molar-refractivity contribution in [3.8, 4) is 5.75 Å². The number of amides is 1. The van der Waals surface area contributed by atoms with Crippen LogP contribution in [0.25, 0.3) is 10.2 Å². The maximum atomic E-state index is 13.7. The quantitative estimate of drug-likeness (QED) is 0.182. The molecular weight excluding hydrogens is 510 g/mol. The summed E-state index contributed by atoms with van der Waals surface area (Å²) >= 11 is 2.32. The van der Waals surface area contributed by atoms with Gasteiger partial charge in [0.2, 0.25) is 5.91 Å². The molecule has 2 aromatic heterocycles. The van der Waals surface area contributed by atoms with Crippen LogP contribution in [0.15, 0.2) is 64.5 Å². The molecule has 8 nitrogen and oxygen atoms in total. The Balaban J connectivity index is 1.65. The van der Waals surface area contributed by atoms with Crippen molar-refractivity contribution in [3.05, 3.63) is 86.5 Å². The topological polar surface area (TPSA) is 99.5 Å². The Bertz CT molecular complexity index is 1460. The number of aromatic nitrogens is 2. The van der Waals surface area contributed by atoms with Crippen LogP contribution in [-0.2, 0) is 22.6 Å². The summed E-state index contributed by atoms with van der Waals surface area (Å²) in [5.74, 6) is 0.150. The van der Waals surface area contributed by atoms with Gasteiger partial charge in [0, 0.05) is 6.54 Å². The van der Waals surface area contributed by atoms with E-state index in [1.807, 2.05) is 54.6 Å². The van der Waals surface area contributed by atoms with E-state index < -0.39 is 5.97 Å². The van der Waals surface area contributed by atoms with Gasteiger partial charge in [-0.15, -0.1) is 11.3 Å². The van der Waals surface area contributed by atoms with Crippen molar-refractivity contribution in [1.82, 2.24) is 14.9 Å². The normalized spacial score (nSPS) is 10.9. The van der Waals surface area contributed by atoms with Gasteiger partial charge in [0.1, 0.15) is 15.5 Å². The second-order valence-corrected chi connectivity index (χ2v) is 10.1. The summed E-state index contributed by atoms with van der Waals surface area (Å²) < 4.78 is 11.9. The molecule has 0 saturated heterocycles. The number of ether oxygens (including phenoxy) is 2. The molecule has 1 N–H and O–H groups in total. The Morgan fingerprint density at radius 1 is 1.08 bits per heavy atom. The fourth-order valence-corrected chi connectivity index (χ4v) is 5.67. The zero-order chi connectivity index (χ0) is 26.4. The number of aryl methyl sites for hydroxylation is 1. The molecule has 0 atom stereocenters. The fraction of sp³-hybridized carbons (Fsp3) is 0.259. The zero-order valence-corrected chi connectivity index (χ0v) is 22.4. The SMILES string of the molecule is CCOC(=O)c1sc2nc(SCC(=O)NCc3ccccc3)n(Cc3ccc(OC)cc3)c(=O)c2c1C. The highest BCUT2D eigenvalue weighted by atomic mass is 32.2. The number of fused-ring (bicyclic) bond motifs is 1. The van der Waals surface area contributed by atoms with Crippen molar-refractivity contribution < 1.29 is 19.1 Å². The first-order chi connectivity index (χ1) is 17.9. The Kier molecular flexibility index (Phi) is 8.62. The van der Waals surface area contributed by atoms with Crippen LogP contribution in [0, 0.1) is 6.92 Å². The molecule has 2 aromatic carbocycles. The van der Waals surface area contributed by atoms with E-state index in [9.17, 15) is 14.4 Å². The third kappa shape index (κ3) is 6.20. The minimum atomic E-state index is -0.474. The summed E-state index contributed by atoms with van der Waals surface area (Å²) in [5, 5.41) is 3.69. The summed E-state index contributed by atoms with van der Waals surface area (Å²) in [6.07, 6.45) is 0. The standard InChI is InChI=1S/C27H27N3O5S2/c1-4-35-26(33)23-17(2)22-24(37-23)29-27(36-16-21(31)28-14-18-8-6-5-7-9-18)30(25(22)32)15-19-10-12-20(34-3)13-11-19/h5-13H,4,14-16H2,1-3H3,(H,28,31). The Hall–Kier alpha value is -3.63. The number of carbonyl (C=O) groups excluding carboxylic acids is 2. The number of hydrogen-bond donors (Lipinski definition) is 1. The molecule has 4 rings (SSSR count). The van der Waals surface area contributed by atoms with Gasteiger partial charge in [0.25, 0.3) is 5.56 Å². The van der Waals surface area contributed by atoms with E-state index in [4.69, 9.17) is 14.5 Å². The lowest BCUT2D eigenvalue weighted by atomic mass is 10.2. The third-order valence-electron chi connectivity index (χ3n) is 5.64. The molecule has 0 aliphatic heterocycles. The number of nitrogens with one attached hydrogen (secondary N) is 1. The van der Waals surface area contributed by atoms with Crippen LogP contribution in [0.1, 0.15) is 33.3 Å². The van der Waals surface area contributed by atoms with Crippen molar-refractivity contribution in [3.63, 3.8) is 0 Å². The molecule has 0 saturated carbocycles. The average Bonchev–Trinajstić information content (AvgIpc) is 3.25. The van der Waals surface area contributed by atoms with Crippen molar-refractivity contribution in [1.29, 1.82) is 0 Å². The maximum Gasteiger partial charge on any atom is 0.348 e. The van der Waals surface area contributed by atoms with Crippen LogP contribution in [-0.4, -0.2) is 40.9 Å². The van der Waals surface area contributed by atoms with Crippen molar-refractivity contribution in [2.75, 3.05) is 19.5 Å². The van der Waals surface area contributed by atoms with Gasteiger partial charge in [-0.25, -0.2) is 9.78 Å². The highest BCUT2D eigenvalue weighted by Gasteiger charge is 2.23. The average molecular weight is 538 g/mol. The van der Waals surface area contributed by atoms with Crippen molar-refractivity contribution in [2.45, 2.75) is 32.1 Å². The van der Waals surface area contributed by atoms with E-state index in [1.54, 1.807) is 25.5 Å². The largest absolute Gasteiger partial charge is 0.497 e. The summed E-state index contributed by atoms with van der Waals surface area (Å²) in [7, 11) is 1.59. The predicted molar refractivity (Wildman–Crippen MR) is 146 cm³/mol. The molecule has 37 heavy (non-hydrogen) atoms. The second-order valence-electron chi connectivity index (χ2n) is 8.14. The lowest BCUT2D eigenvalue weighted by Crippen LogP contribution is -2.27. The van der Waals surface area contributed by atoms with Gasteiger partial charge < -0.3 is 14.8 Å². The van der Waals surface area contributed by atoms with Gasteiger partial charge in [-0.1, -0.05) is 54.2 Å². The van der Waals surface area contributed by atoms with E-state index in [-0.39, 0.29) is 30.4 Å². The van der Waals surface area contributed by atoms with Gasteiger partial charge in [-0.2, -0.15) is 0 Å². The summed E-state index contributed by atoms with van der Waals surface area (Å²) in [5.41, 5.74) is 2.16. The Labute approximate surface area is 222 Å².